The van der Waals surface area contributed by atoms with Crippen LogP contribution in [0.3, 0.4) is 0 Å². The average Bonchev–Trinajstić information content (AvgIpc) is 2.56. The number of halogens is 1. The van der Waals surface area contributed by atoms with Crippen molar-refractivity contribution < 1.29 is 19.2 Å². The highest BCUT2D eigenvalue weighted by Gasteiger charge is 2.20. The van der Waals surface area contributed by atoms with Crippen LogP contribution in [0.15, 0.2) is 36.4 Å². The van der Waals surface area contributed by atoms with Crippen molar-refractivity contribution in [2.45, 2.75) is 13.8 Å². The van der Waals surface area contributed by atoms with Crippen LogP contribution < -0.4 is 5.32 Å². The lowest BCUT2D eigenvalue weighted by atomic mass is 10.1. The Kier molecular flexibility index (Phi) is 5.71. The standard InChI is InChI=1S/C17H15ClN2O5/c1-10-6-7-14(20(23)24)16(11(10)2)19-15(21)9-25-17(22)12-4-3-5-13(18)8-12/h3-8H,9H2,1-2H3,(H,19,21). The van der Waals surface area contributed by atoms with Crippen LogP contribution in [0.5, 0.6) is 0 Å². The van der Waals surface area contributed by atoms with Gasteiger partial charge in [-0.1, -0.05) is 23.7 Å². The molecule has 0 bridgehead atoms. The van der Waals surface area contributed by atoms with Gasteiger partial charge in [-0.3, -0.25) is 14.9 Å². The number of benzene rings is 2. The maximum Gasteiger partial charge on any atom is 0.338 e. The van der Waals surface area contributed by atoms with Crippen LogP contribution in [0, 0.1) is 24.0 Å². The summed E-state index contributed by atoms with van der Waals surface area (Å²) in [6.45, 7) is 2.86. The molecule has 0 spiro atoms. The molecule has 25 heavy (non-hydrogen) atoms. The molecule has 1 amide bonds. The maximum atomic E-state index is 12.0. The first kappa shape index (κ1) is 18.4. The Morgan fingerprint density at radius 2 is 1.96 bits per heavy atom. The Hall–Kier alpha value is -2.93. The van der Waals surface area contributed by atoms with Crippen LogP contribution >= 0.6 is 11.6 Å². The second-order valence-electron chi connectivity index (χ2n) is 5.29. The first-order valence-electron chi connectivity index (χ1n) is 7.26. The van der Waals surface area contributed by atoms with Crippen molar-refractivity contribution in [1.82, 2.24) is 0 Å². The van der Waals surface area contributed by atoms with E-state index in [1.807, 2.05) is 0 Å². The molecule has 2 aromatic carbocycles. The van der Waals surface area contributed by atoms with Gasteiger partial charge in [-0.15, -0.1) is 0 Å². The summed E-state index contributed by atoms with van der Waals surface area (Å²) in [5.74, 6) is -1.39. The highest BCUT2D eigenvalue weighted by molar-refractivity contribution is 6.30. The monoisotopic (exact) mass is 362 g/mol. The van der Waals surface area contributed by atoms with Crippen LogP contribution in [0.4, 0.5) is 11.4 Å². The molecule has 0 radical (unpaired) electrons. The van der Waals surface area contributed by atoms with Crippen LogP contribution in [-0.4, -0.2) is 23.4 Å². The Labute approximate surface area is 148 Å². The van der Waals surface area contributed by atoms with E-state index in [4.69, 9.17) is 16.3 Å². The average molecular weight is 363 g/mol. The molecule has 0 atom stereocenters. The van der Waals surface area contributed by atoms with E-state index in [1.165, 1.54) is 18.2 Å². The van der Waals surface area contributed by atoms with Crippen LogP contribution in [0.2, 0.25) is 5.02 Å². The second-order valence-corrected chi connectivity index (χ2v) is 5.73. The van der Waals surface area contributed by atoms with Crippen molar-refractivity contribution >= 4 is 34.9 Å². The molecule has 0 aliphatic carbocycles. The third-order valence-electron chi connectivity index (χ3n) is 3.57. The summed E-state index contributed by atoms with van der Waals surface area (Å²) in [5, 5.41) is 13.9. The Balaban J connectivity index is 2.07. The molecule has 1 N–H and O–H groups in total. The molecule has 0 aromatic heterocycles. The van der Waals surface area contributed by atoms with Crippen LogP contribution in [0.1, 0.15) is 21.5 Å². The van der Waals surface area contributed by atoms with E-state index < -0.39 is 23.4 Å². The van der Waals surface area contributed by atoms with Crippen molar-refractivity contribution in [1.29, 1.82) is 0 Å². The summed E-state index contributed by atoms with van der Waals surface area (Å²) in [6, 6.07) is 9.01. The zero-order chi connectivity index (χ0) is 18.6. The van der Waals surface area contributed by atoms with E-state index in [1.54, 1.807) is 32.0 Å². The lowest BCUT2D eigenvalue weighted by Crippen LogP contribution is -2.22. The summed E-state index contributed by atoms with van der Waals surface area (Å²) in [7, 11) is 0. The van der Waals surface area contributed by atoms with Crippen molar-refractivity contribution in [2.24, 2.45) is 0 Å². The number of carbonyl (C=O) groups excluding carboxylic acids is 2. The maximum absolute atomic E-state index is 12.0. The SMILES string of the molecule is Cc1ccc([N+](=O)[O-])c(NC(=O)COC(=O)c2cccc(Cl)c2)c1C. The second kappa shape index (κ2) is 7.76. The van der Waals surface area contributed by atoms with Crippen LogP contribution in [-0.2, 0) is 9.53 Å². The fourth-order valence-corrected chi connectivity index (χ4v) is 2.31. The van der Waals surface area contributed by atoms with Gasteiger partial charge in [0, 0.05) is 11.1 Å². The van der Waals surface area contributed by atoms with Gasteiger partial charge in [-0.05, 0) is 43.2 Å². The lowest BCUT2D eigenvalue weighted by molar-refractivity contribution is -0.384. The molecule has 7 nitrogen and oxygen atoms in total. The van der Waals surface area contributed by atoms with Gasteiger partial charge in [0.15, 0.2) is 6.61 Å². The fraction of sp³-hybridized carbons (Fsp3) is 0.176. The summed E-state index contributed by atoms with van der Waals surface area (Å²) in [6.07, 6.45) is 0. The largest absolute Gasteiger partial charge is 0.452 e. The molecule has 130 valence electrons. The number of ether oxygens (including phenoxy) is 1. The molecule has 0 heterocycles. The molecule has 0 saturated heterocycles. The molecule has 2 aromatic rings. The number of rotatable bonds is 5. The Morgan fingerprint density at radius 3 is 2.60 bits per heavy atom. The predicted octanol–water partition coefficient (Wildman–Crippen LogP) is 3.66. The number of amides is 1. The van der Waals surface area contributed by atoms with E-state index in [9.17, 15) is 19.7 Å². The zero-order valence-corrected chi connectivity index (χ0v) is 14.3. The topological polar surface area (TPSA) is 98.5 Å². The smallest absolute Gasteiger partial charge is 0.338 e. The van der Waals surface area contributed by atoms with Gasteiger partial charge in [0.2, 0.25) is 0 Å². The number of hydrogen-bond acceptors (Lipinski definition) is 5. The quantitative estimate of drug-likeness (QED) is 0.497. The van der Waals surface area contributed by atoms with Crippen molar-refractivity contribution in [3.8, 4) is 0 Å². The fourth-order valence-electron chi connectivity index (χ4n) is 2.12. The molecule has 0 unspecified atom stereocenters. The molecule has 0 aliphatic rings. The van der Waals surface area contributed by atoms with Gasteiger partial charge >= 0.3 is 5.97 Å². The molecule has 0 aliphatic heterocycles. The molecular weight excluding hydrogens is 348 g/mol. The van der Waals surface area contributed by atoms with Crippen LogP contribution in [0.25, 0.3) is 0 Å². The van der Waals surface area contributed by atoms with Gasteiger partial charge in [0.05, 0.1) is 10.5 Å². The van der Waals surface area contributed by atoms with Gasteiger partial charge in [-0.25, -0.2) is 4.79 Å². The minimum absolute atomic E-state index is 0.0915. The van der Waals surface area contributed by atoms with Crippen molar-refractivity contribution in [2.75, 3.05) is 11.9 Å². The van der Waals surface area contributed by atoms with Crippen molar-refractivity contribution in [3.05, 3.63) is 68.2 Å². The van der Waals surface area contributed by atoms with E-state index in [-0.39, 0.29) is 16.9 Å². The Morgan fingerprint density at radius 1 is 1.24 bits per heavy atom. The first-order valence-corrected chi connectivity index (χ1v) is 7.64. The highest BCUT2D eigenvalue weighted by atomic mass is 35.5. The molecule has 0 saturated carbocycles. The summed E-state index contributed by atoms with van der Waals surface area (Å²) in [4.78, 5) is 34.4. The van der Waals surface area contributed by atoms with E-state index in [2.05, 4.69) is 5.32 Å². The minimum atomic E-state index is -0.715. The molecule has 8 heteroatoms. The molecular formula is C17H15ClN2O5. The van der Waals surface area contributed by atoms with Gasteiger partial charge in [-0.2, -0.15) is 0 Å². The number of aryl methyl sites for hydroxylation is 1. The number of nitro benzene ring substituents is 1. The number of carbonyl (C=O) groups is 2. The first-order chi connectivity index (χ1) is 11.8. The van der Waals surface area contributed by atoms with E-state index >= 15 is 0 Å². The highest BCUT2D eigenvalue weighted by Crippen LogP contribution is 2.30. The van der Waals surface area contributed by atoms with Gasteiger partial charge in [0.25, 0.3) is 11.6 Å². The van der Waals surface area contributed by atoms with E-state index in [0.717, 1.165) is 5.56 Å². The number of esters is 1. The normalized spacial score (nSPS) is 10.2. The lowest BCUT2D eigenvalue weighted by Gasteiger charge is -2.11. The minimum Gasteiger partial charge on any atom is -0.452 e. The Bertz CT molecular complexity index is 851. The summed E-state index contributed by atoms with van der Waals surface area (Å²) in [5.41, 5.74) is 1.44. The zero-order valence-electron chi connectivity index (χ0n) is 13.5. The number of hydrogen-bond donors (Lipinski definition) is 1. The summed E-state index contributed by atoms with van der Waals surface area (Å²) < 4.78 is 4.91. The molecule has 2 rings (SSSR count). The van der Waals surface area contributed by atoms with Gasteiger partial charge < -0.3 is 10.1 Å². The van der Waals surface area contributed by atoms with E-state index in [0.29, 0.717) is 10.6 Å². The molecule has 0 fully saturated rings. The number of nitrogens with one attached hydrogen (secondary N) is 1. The van der Waals surface area contributed by atoms with Crippen molar-refractivity contribution in [3.63, 3.8) is 0 Å². The summed E-state index contributed by atoms with van der Waals surface area (Å²) >= 11 is 5.79. The number of nitrogens with zero attached hydrogens (tertiary/aromatic N) is 1. The third-order valence-corrected chi connectivity index (χ3v) is 3.80. The predicted molar refractivity (Wildman–Crippen MR) is 92.9 cm³/mol. The van der Waals surface area contributed by atoms with Gasteiger partial charge in [0.1, 0.15) is 5.69 Å². The number of anilines is 1. The number of nitro groups is 1. The third kappa shape index (κ3) is 4.54.